The van der Waals surface area contributed by atoms with E-state index in [9.17, 15) is 4.79 Å². The first kappa shape index (κ1) is 30.6. The van der Waals surface area contributed by atoms with E-state index in [4.69, 9.17) is 37.3 Å². The van der Waals surface area contributed by atoms with Crippen LogP contribution in [0.15, 0.2) is 5.16 Å². The molecule has 13 heteroatoms. The summed E-state index contributed by atoms with van der Waals surface area (Å²) in [4.78, 5) is 30.6. The van der Waals surface area contributed by atoms with Crippen LogP contribution in [0.4, 0.5) is 15.0 Å². The van der Waals surface area contributed by atoms with Crippen molar-refractivity contribution in [3.8, 4) is 0 Å². The predicted molar refractivity (Wildman–Crippen MR) is 158 cm³/mol. The highest BCUT2D eigenvalue weighted by Crippen LogP contribution is 2.43. The Bertz CT molecular complexity index is 1270. The molecule has 0 saturated carbocycles. The van der Waals surface area contributed by atoms with E-state index in [0.717, 1.165) is 12.8 Å². The quantitative estimate of drug-likeness (QED) is 0.151. The van der Waals surface area contributed by atoms with Gasteiger partial charge in [-0.15, -0.1) is 0 Å². The molecule has 3 atom stereocenters. The van der Waals surface area contributed by atoms with Crippen molar-refractivity contribution in [1.82, 2.24) is 19.9 Å². The van der Waals surface area contributed by atoms with Crippen molar-refractivity contribution >= 4 is 66.1 Å². The van der Waals surface area contributed by atoms with Crippen LogP contribution in [0.3, 0.4) is 0 Å². The minimum absolute atomic E-state index is 0.00367. The normalized spacial score (nSPS) is 22.1. The highest BCUT2D eigenvalue weighted by atomic mass is 35.5. The van der Waals surface area contributed by atoms with Crippen molar-refractivity contribution in [3.63, 3.8) is 0 Å². The summed E-state index contributed by atoms with van der Waals surface area (Å²) in [6.45, 7) is 17.4. The smallest absolute Gasteiger partial charge is 0.410 e. The lowest BCUT2D eigenvalue weighted by Gasteiger charge is -2.48. The Morgan fingerprint density at radius 3 is 2.36 bits per heavy atom. The number of ether oxygens (including phenoxy) is 1. The first-order valence-corrected chi connectivity index (χ1v) is 18.0. The Labute approximate surface area is 245 Å². The number of fused-ring (bicyclic) bond motifs is 3. The van der Waals surface area contributed by atoms with Crippen molar-refractivity contribution < 1.29 is 18.3 Å². The molecule has 2 fully saturated rings. The van der Waals surface area contributed by atoms with Crippen LogP contribution in [-0.2, 0) is 9.16 Å². The summed E-state index contributed by atoms with van der Waals surface area (Å²) in [6, 6.07) is -0.566. The van der Waals surface area contributed by atoms with Crippen LogP contribution in [0.25, 0.3) is 10.9 Å². The molecular formula is C26H38Cl2FN5O3SSi. The maximum atomic E-state index is 15.2. The second-order valence-corrected chi connectivity index (χ2v) is 19.0. The van der Waals surface area contributed by atoms with Crippen LogP contribution in [0.1, 0.15) is 54.4 Å². The Morgan fingerprint density at radius 2 is 1.77 bits per heavy atom. The SMILES string of the molecule is CSc1nc(N2C[C@H]3CC[C@@H](C2CO[Si](C)(C)C(C)(C)C)N3C(=O)OC(C)(C)C)c2c(Cl)nc(Cl)c(F)c2n1. The van der Waals surface area contributed by atoms with Gasteiger partial charge in [0.2, 0.25) is 0 Å². The van der Waals surface area contributed by atoms with Crippen LogP contribution in [-0.4, -0.2) is 77.4 Å². The number of halogens is 3. The van der Waals surface area contributed by atoms with Gasteiger partial charge in [-0.3, -0.25) is 4.90 Å². The van der Waals surface area contributed by atoms with Gasteiger partial charge in [0, 0.05) is 6.54 Å². The van der Waals surface area contributed by atoms with Crippen molar-refractivity contribution in [2.24, 2.45) is 0 Å². The molecule has 2 aliphatic rings. The number of pyridine rings is 1. The van der Waals surface area contributed by atoms with E-state index in [1.165, 1.54) is 11.8 Å². The van der Waals surface area contributed by atoms with Gasteiger partial charge in [0.25, 0.3) is 0 Å². The average molecular weight is 619 g/mol. The van der Waals surface area contributed by atoms with Crippen molar-refractivity contribution in [3.05, 3.63) is 16.1 Å². The number of amides is 1. The molecule has 0 aliphatic carbocycles. The average Bonchev–Trinajstić information content (AvgIpc) is 3.14. The molecule has 4 heterocycles. The van der Waals surface area contributed by atoms with Crippen molar-refractivity contribution in [2.45, 2.75) is 101 Å². The summed E-state index contributed by atoms with van der Waals surface area (Å²) in [5.74, 6) is -0.263. The maximum Gasteiger partial charge on any atom is 0.410 e. The van der Waals surface area contributed by atoms with Gasteiger partial charge in [-0.25, -0.2) is 24.1 Å². The minimum atomic E-state index is -2.15. The zero-order chi connectivity index (χ0) is 29.1. The number of aromatic nitrogens is 3. The predicted octanol–water partition coefficient (Wildman–Crippen LogP) is 7.17. The van der Waals surface area contributed by atoms with Gasteiger partial charge in [-0.2, -0.15) is 0 Å². The van der Waals surface area contributed by atoms with Crippen molar-refractivity contribution in [1.29, 1.82) is 0 Å². The largest absolute Gasteiger partial charge is 0.444 e. The Morgan fingerprint density at radius 1 is 1.10 bits per heavy atom. The van der Waals surface area contributed by atoms with E-state index < -0.39 is 19.7 Å². The summed E-state index contributed by atoms with van der Waals surface area (Å²) >= 11 is 13.9. The molecule has 0 spiro atoms. The number of anilines is 1. The molecule has 4 rings (SSSR count). The number of hydrogen-bond acceptors (Lipinski definition) is 8. The third kappa shape index (κ3) is 5.98. The molecular weight excluding hydrogens is 580 g/mol. The second kappa shape index (κ2) is 10.8. The van der Waals surface area contributed by atoms with Gasteiger partial charge < -0.3 is 14.1 Å². The minimum Gasteiger partial charge on any atom is -0.444 e. The summed E-state index contributed by atoms with van der Waals surface area (Å²) in [5, 5.41) is 0.387. The van der Waals surface area contributed by atoms with Crippen LogP contribution in [0.2, 0.25) is 28.4 Å². The van der Waals surface area contributed by atoms with Crippen molar-refractivity contribution in [2.75, 3.05) is 24.3 Å². The Balaban J connectivity index is 1.84. The van der Waals surface area contributed by atoms with E-state index in [2.05, 4.69) is 48.7 Å². The van der Waals surface area contributed by atoms with E-state index in [0.29, 0.717) is 29.5 Å². The molecule has 0 radical (unpaired) electrons. The van der Waals surface area contributed by atoms with E-state index in [-0.39, 0.29) is 45.1 Å². The molecule has 2 aromatic heterocycles. The molecule has 0 aromatic carbocycles. The summed E-state index contributed by atoms with van der Waals surface area (Å²) in [6.07, 6.45) is 3.09. The lowest BCUT2D eigenvalue weighted by atomic mass is 10.0. The van der Waals surface area contributed by atoms with E-state index in [1.807, 2.05) is 31.9 Å². The summed E-state index contributed by atoms with van der Waals surface area (Å²) < 4.78 is 27.8. The zero-order valence-corrected chi connectivity index (χ0v) is 27.4. The molecule has 39 heavy (non-hydrogen) atoms. The van der Waals surface area contributed by atoms with Crippen LogP contribution in [0, 0.1) is 5.82 Å². The second-order valence-electron chi connectivity index (χ2n) is 12.7. The monoisotopic (exact) mass is 617 g/mol. The lowest BCUT2D eigenvalue weighted by Crippen LogP contribution is -2.64. The third-order valence-electron chi connectivity index (χ3n) is 7.94. The van der Waals surface area contributed by atoms with Crippen LogP contribution < -0.4 is 4.90 Å². The number of thioether (sulfide) groups is 1. The maximum absolute atomic E-state index is 15.2. The molecule has 2 aliphatic heterocycles. The highest BCUT2D eigenvalue weighted by molar-refractivity contribution is 7.98. The number of hydrogen-bond donors (Lipinski definition) is 0. The van der Waals surface area contributed by atoms with Gasteiger partial charge >= 0.3 is 6.09 Å². The standard InChI is InChI=1S/C26H38Cl2FN5O3SSi/c1-25(2,3)37-24(35)34-14-10-11-15(34)16(13-36-39(8,9)26(4,5)6)33(12-14)22-17-19(30-23(32-22)38-7)18(29)21(28)31-20(17)27/h14-16H,10-13H2,1-9H3/t14-,15+,16?/m1/s1. The van der Waals surface area contributed by atoms with Gasteiger partial charge in [-0.05, 0) is 58.0 Å². The molecule has 0 N–H and O–H groups in total. The molecule has 2 bridgehead atoms. The highest BCUT2D eigenvalue weighted by Gasteiger charge is 2.51. The fraction of sp³-hybridized carbons (Fsp3) is 0.692. The number of carbonyl (C=O) groups is 1. The Kier molecular flexibility index (Phi) is 8.44. The lowest BCUT2D eigenvalue weighted by molar-refractivity contribution is 0.00491. The molecule has 216 valence electrons. The topological polar surface area (TPSA) is 80.7 Å². The van der Waals surface area contributed by atoms with E-state index >= 15 is 4.39 Å². The summed E-state index contributed by atoms with van der Waals surface area (Å²) in [7, 11) is -2.15. The number of rotatable bonds is 5. The fourth-order valence-electron chi connectivity index (χ4n) is 4.96. The number of carbonyl (C=O) groups excluding carboxylic acids is 1. The molecule has 2 aromatic rings. The van der Waals surface area contributed by atoms with Gasteiger partial charge in [0.15, 0.2) is 24.4 Å². The van der Waals surface area contributed by atoms with Crippen LogP contribution >= 0.6 is 35.0 Å². The Hall–Kier alpha value is -1.40. The zero-order valence-electron chi connectivity index (χ0n) is 24.1. The molecule has 1 unspecified atom stereocenters. The van der Waals surface area contributed by atoms with Crippen LogP contribution in [0.5, 0.6) is 0 Å². The van der Waals surface area contributed by atoms with E-state index in [1.54, 1.807) is 0 Å². The van der Waals surface area contributed by atoms with Gasteiger partial charge in [0.1, 0.15) is 22.1 Å². The van der Waals surface area contributed by atoms with Gasteiger partial charge in [0.05, 0.1) is 30.1 Å². The third-order valence-corrected chi connectivity index (χ3v) is 13.5. The number of piperazine rings is 1. The first-order valence-electron chi connectivity index (χ1n) is 13.1. The summed E-state index contributed by atoms with van der Waals surface area (Å²) in [5.41, 5.74) is -0.590. The first-order chi connectivity index (χ1) is 17.9. The number of nitrogens with zero attached hydrogens (tertiary/aromatic N) is 5. The fourth-order valence-corrected chi connectivity index (χ4v) is 6.82. The molecule has 1 amide bonds. The molecule has 8 nitrogen and oxygen atoms in total. The molecule has 2 saturated heterocycles. The van der Waals surface area contributed by atoms with Gasteiger partial charge in [-0.1, -0.05) is 55.7 Å².